The van der Waals surface area contributed by atoms with Gasteiger partial charge in [-0.3, -0.25) is 0 Å². The number of anilines is 1. The lowest BCUT2D eigenvalue weighted by Crippen LogP contribution is -2.53. The van der Waals surface area contributed by atoms with E-state index >= 15 is 0 Å². The number of urea groups is 1. The number of nitrogens with one attached hydrogen (secondary N) is 1. The third-order valence-electron chi connectivity index (χ3n) is 6.16. The van der Waals surface area contributed by atoms with Crippen LogP contribution in [-0.4, -0.2) is 67.6 Å². The molecule has 4 rings (SSSR count). The summed E-state index contributed by atoms with van der Waals surface area (Å²) in [7, 11) is 3.27. The highest BCUT2D eigenvalue weighted by Gasteiger charge is 2.24. The van der Waals surface area contributed by atoms with Gasteiger partial charge in [-0.25, -0.2) is 4.79 Å². The number of amides is 2. The lowest BCUT2D eigenvalue weighted by molar-refractivity contribution is 0.186. The van der Waals surface area contributed by atoms with Crippen LogP contribution in [-0.2, 0) is 0 Å². The largest absolute Gasteiger partial charge is 0.497 e. The number of methoxy groups -OCH3 is 2. The summed E-state index contributed by atoms with van der Waals surface area (Å²) in [5.41, 5.74) is 1.56. The quantitative estimate of drug-likeness (QED) is 0.792. The van der Waals surface area contributed by atoms with Gasteiger partial charge in [-0.05, 0) is 43.2 Å². The first kappa shape index (κ1) is 21.2. The smallest absolute Gasteiger partial charge is 0.317 e. The molecular formula is C23H31N5O3. The van der Waals surface area contributed by atoms with E-state index in [1.165, 1.54) is 19.3 Å². The number of hydrogen-bond donors (Lipinski definition) is 1. The molecule has 0 radical (unpaired) electrons. The molecule has 1 aliphatic carbocycles. The molecule has 2 aliphatic rings. The van der Waals surface area contributed by atoms with Crippen LogP contribution in [0.1, 0.15) is 32.1 Å². The van der Waals surface area contributed by atoms with E-state index in [4.69, 9.17) is 9.47 Å². The lowest BCUT2D eigenvalue weighted by Gasteiger charge is -2.36. The van der Waals surface area contributed by atoms with Crippen molar-refractivity contribution in [2.24, 2.45) is 0 Å². The first-order valence-corrected chi connectivity index (χ1v) is 11.0. The van der Waals surface area contributed by atoms with Crippen LogP contribution < -0.4 is 19.7 Å². The second kappa shape index (κ2) is 9.85. The highest BCUT2D eigenvalue weighted by Crippen LogP contribution is 2.32. The summed E-state index contributed by atoms with van der Waals surface area (Å²) in [6, 6.07) is 9.94. The highest BCUT2D eigenvalue weighted by atomic mass is 16.5. The molecule has 0 unspecified atom stereocenters. The minimum atomic E-state index is 0.0677. The molecule has 8 heteroatoms. The van der Waals surface area contributed by atoms with Crippen molar-refractivity contribution in [1.82, 2.24) is 20.4 Å². The second-order valence-electron chi connectivity index (χ2n) is 8.10. The number of rotatable bonds is 5. The molecule has 2 amide bonds. The number of piperazine rings is 1. The van der Waals surface area contributed by atoms with Gasteiger partial charge in [0.1, 0.15) is 11.5 Å². The zero-order valence-electron chi connectivity index (χ0n) is 18.3. The van der Waals surface area contributed by atoms with Gasteiger partial charge in [0.05, 0.1) is 19.9 Å². The molecule has 0 bridgehead atoms. The third-order valence-corrected chi connectivity index (χ3v) is 6.16. The Morgan fingerprint density at radius 2 is 1.74 bits per heavy atom. The van der Waals surface area contributed by atoms with Crippen molar-refractivity contribution in [3.05, 3.63) is 30.3 Å². The van der Waals surface area contributed by atoms with E-state index in [0.29, 0.717) is 19.1 Å². The number of hydrogen-bond acceptors (Lipinski definition) is 6. The molecule has 31 heavy (non-hydrogen) atoms. The molecule has 0 atom stereocenters. The van der Waals surface area contributed by atoms with Crippen LogP contribution in [0.3, 0.4) is 0 Å². The molecule has 1 aromatic heterocycles. The van der Waals surface area contributed by atoms with Crippen LogP contribution in [0.15, 0.2) is 30.3 Å². The van der Waals surface area contributed by atoms with E-state index < -0.39 is 0 Å². The van der Waals surface area contributed by atoms with Gasteiger partial charge in [0.15, 0.2) is 5.82 Å². The summed E-state index contributed by atoms with van der Waals surface area (Å²) in [5, 5.41) is 12.1. The van der Waals surface area contributed by atoms with E-state index in [2.05, 4.69) is 20.4 Å². The number of nitrogens with zero attached hydrogens (tertiary/aromatic N) is 4. The summed E-state index contributed by atoms with van der Waals surface area (Å²) in [6.45, 7) is 2.86. The average molecular weight is 426 g/mol. The summed E-state index contributed by atoms with van der Waals surface area (Å²) in [5.74, 6) is 2.28. The Bertz CT molecular complexity index is 875. The van der Waals surface area contributed by atoms with Crippen molar-refractivity contribution in [2.45, 2.75) is 38.1 Å². The Hall–Kier alpha value is -3.03. The summed E-state index contributed by atoms with van der Waals surface area (Å²) < 4.78 is 10.8. The number of aromatic nitrogens is 2. The fourth-order valence-corrected chi connectivity index (χ4v) is 4.30. The van der Waals surface area contributed by atoms with Crippen molar-refractivity contribution in [1.29, 1.82) is 0 Å². The second-order valence-corrected chi connectivity index (χ2v) is 8.10. The van der Waals surface area contributed by atoms with Crippen LogP contribution in [0.2, 0.25) is 0 Å². The van der Waals surface area contributed by atoms with Crippen LogP contribution in [0.4, 0.5) is 10.6 Å². The number of carbonyl (C=O) groups excluding carboxylic acids is 1. The molecule has 166 valence electrons. The van der Waals surface area contributed by atoms with Crippen LogP contribution in [0.5, 0.6) is 11.5 Å². The minimum absolute atomic E-state index is 0.0677. The third kappa shape index (κ3) is 5.00. The number of ether oxygens (including phenoxy) is 2. The van der Waals surface area contributed by atoms with Gasteiger partial charge in [-0.15, -0.1) is 10.2 Å². The van der Waals surface area contributed by atoms with Gasteiger partial charge in [0.25, 0.3) is 0 Å². The average Bonchev–Trinajstić information content (AvgIpc) is 2.84. The zero-order valence-corrected chi connectivity index (χ0v) is 18.3. The monoisotopic (exact) mass is 425 g/mol. The Labute approximate surface area is 183 Å². The molecule has 2 aromatic rings. The van der Waals surface area contributed by atoms with Crippen molar-refractivity contribution >= 4 is 11.8 Å². The number of carbonyl (C=O) groups is 1. The van der Waals surface area contributed by atoms with Gasteiger partial charge in [-0.2, -0.15) is 0 Å². The summed E-state index contributed by atoms with van der Waals surface area (Å²) in [6.07, 6.45) is 5.93. The maximum atomic E-state index is 12.6. The van der Waals surface area contributed by atoms with Crippen LogP contribution in [0.25, 0.3) is 11.3 Å². The molecule has 0 spiro atoms. The molecule has 1 aromatic carbocycles. The maximum Gasteiger partial charge on any atom is 0.317 e. The van der Waals surface area contributed by atoms with Crippen molar-refractivity contribution < 1.29 is 14.3 Å². The van der Waals surface area contributed by atoms with E-state index in [1.807, 2.05) is 35.2 Å². The summed E-state index contributed by atoms with van der Waals surface area (Å²) >= 11 is 0. The number of benzene rings is 1. The molecule has 1 saturated heterocycles. The molecule has 2 heterocycles. The molecule has 2 fully saturated rings. The molecule has 1 aliphatic heterocycles. The zero-order chi connectivity index (χ0) is 21.6. The standard InChI is InChI=1S/C23H31N5O3/c1-30-18-8-10-21(31-2)19(16-18)20-9-11-22(26-25-20)27-12-14-28(15-13-27)23(29)24-17-6-4-3-5-7-17/h8-11,16-17H,3-7,12-15H2,1-2H3,(H,24,29). The van der Waals surface area contributed by atoms with Crippen molar-refractivity contribution in [3.8, 4) is 22.8 Å². The normalized spacial score (nSPS) is 17.4. The van der Waals surface area contributed by atoms with E-state index in [1.54, 1.807) is 14.2 Å². The topological polar surface area (TPSA) is 79.8 Å². The van der Waals surface area contributed by atoms with Gasteiger partial charge in [-0.1, -0.05) is 19.3 Å². The predicted molar refractivity (Wildman–Crippen MR) is 120 cm³/mol. The Morgan fingerprint density at radius 3 is 2.39 bits per heavy atom. The van der Waals surface area contributed by atoms with Crippen molar-refractivity contribution in [3.63, 3.8) is 0 Å². The van der Waals surface area contributed by atoms with Crippen LogP contribution >= 0.6 is 0 Å². The maximum absolute atomic E-state index is 12.6. The Kier molecular flexibility index (Phi) is 6.74. The fraction of sp³-hybridized carbons (Fsp3) is 0.522. The fourth-order valence-electron chi connectivity index (χ4n) is 4.30. The van der Waals surface area contributed by atoms with E-state index in [9.17, 15) is 4.79 Å². The molecule has 8 nitrogen and oxygen atoms in total. The first-order chi connectivity index (χ1) is 15.2. The minimum Gasteiger partial charge on any atom is -0.497 e. The van der Waals surface area contributed by atoms with Crippen LogP contribution in [0, 0.1) is 0 Å². The summed E-state index contributed by atoms with van der Waals surface area (Å²) in [4.78, 5) is 16.7. The Balaban J connectivity index is 1.36. The van der Waals surface area contributed by atoms with Gasteiger partial charge >= 0.3 is 6.03 Å². The first-order valence-electron chi connectivity index (χ1n) is 11.0. The molecular weight excluding hydrogens is 394 g/mol. The SMILES string of the molecule is COc1ccc(OC)c(-c2ccc(N3CCN(C(=O)NC4CCCCC4)CC3)nn2)c1. The van der Waals surface area contributed by atoms with Gasteiger partial charge in [0.2, 0.25) is 0 Å². The van der Waals surface area contributed by atoms with Gasteiger partial charge in [0, 0.05) is 37.8 Å². The highest BCUT2D eigenvalue weighted by molar-refractivity contribution is 5.75. The van der Waals surface area contributed by atoms with E-state index in [-0.39, 0.29) is 6.03 Å². The van der Waals surface area contributed by atoms with Crippen molar-refractivity contribution in [2.75, 3.05) is 45.3 Å². The predicted octanol–water partition coefficient (Wildman–Crippen LogP) is 3.33. The van der Waals surface area contributed by atoms with Gasteiger partial charge < -0.3 is 24.6 Å². The van der Waals surface area contributed by atoms with E-state index in [0.717, 1.165) is 54.5 Å². The molecule has 1 N–H and O–H groups in total. The lowest BCUT2D eigenvalue weighted by atomic mass is 9.96. The Morgan fingerprint density at radius 1 is 0.968 bits per heavy atom. The molecule has 1 saturated carbocycles.